The average Bonchev–Trinajstić information content (AvgIpc) is 2.15. The third kappa shape index (κ3) is 4.03. The lowest BCUT2D eigenvalue weighted by atomic mass is 9.72. The van der Waals surface area contributed by atoms with Crippen molar-refractivity contribution in [1.29, 1.82) is 0 Å². The third-order valence-corrected chi connectivity index (χ3v) is 3.23. The Hall–Kier alpha value is -0.730. The molecule has 0 radical (unpaired) electrons. The fourth-order valence-corrected chi connectivity index (χ4v) is 2.86. The predicted molar refractivity (Wildman–Crippen MR) is 65.4 cm³/mol. The Kier molecular flexibility index (Phi) is 4.22. The lowest BCUT2D eigenvalue weighted by Crippen LogP contribution is -2.51. The Balaban J connectivity index is 2.71. The molecule has 1 aliphatic carbocycles. The quantitative estimate of drug-likeness (QED) is 0.784. The SMILES string of the molecule is COC(=O)NC1(CC(C)(C)C)CCCCC1. The van der Waals surface area contributed by atoms with E-state index in [1.54, 1.807) is 0 Å². The number of nitrogens with one attached hydrogen (secondary N) is 1. The minimum absolute atomic E-state index is 0.0381. The van der Waals surface area contributed by atoms with Crippen LogP contribution in [0, 0.1) is 5.41 Å². The summed E-state index contributed by atoms with van der Waals surface area (Å²) >= 11 is 0. The highest BCUT2D eigenvalue weighted by Crippen LogP contribution is 2.37. The molecule has 16 heavy (non-hydrogen) atoms. The summed E-state index contributed by atoms with van der Waals surface area (Å²) in [5.41, 5.74) is 0.196. The highest BCUT2D eigenvalue weighted by Gasteiger charge is 2.37. The Bertz CT molecular complexity index is 237. The maximum atomic E-state index is 11.4. The van der Waals surface area contributed by atoms with E-state index in [0.29, 0.717) is 0 Å². The van der Waals surface area contributed by atoms with Crippen LogP contribution in [-0.4, -0.2) is 18.7 Å². The monoisotopic (exact) mass is 227 g/mol. The minimum atomic E-state index is -0.286. The van der Waals surface area contributed by atoms with Gasteiger partial charge in [0.2, 0.25) is 0 Å². The van der Waals surface area contributed by atoms with E-state index in [1.807, 2.05) is 0 Å². The van der Waals surface area contributed by atoms with Crippen LogP contribution in [0.1, 0.15) is 59.3 Å². The lowest BCUT2D eigenvalue weighted by molar-refractivity contribution is 0.120. The maximum Gasteiger partial charge on any atom is 0.407 e. The molecule has 0 aromatic heterocycles. The molecule has 1 N–H and O–H groups in total. The van der Waals surface area contributed by atoms with Crippen molar-refractivity contribution in [2.75, 3.05) is 7.11 Å². The molecule has 1 fully saturated rings. The molecule has 0 spiro atoms. The second kappa shape index (κ2) is 5.07. The average molecular weight is 227 g/mol. The van der Waals surface area contributed by atoms with Crippen LogP contribution in [0.25, 0.3) is 0 Å². The van der Waals surface area contributed by atoms with Crippen LogP contribution in [0.15, 0.2) is 0 Å². The topological polar surface area (TPSA) is 38.3 Å². The number of rotatable bonds is 2. The van der Waals surface area contributed by atoms with E-state index in [9.17, 15) is 4.79 Å². The summed E-state index contributed by atoms with van der Waals surface area (Å²) in [6.07, 6.45) is 6.61. The molecule has 0 heterocycles. The second-order valence-electron chi connectivity index (χ2n) is 6.20. The van der Waals surface area contributed by atoms with E-state index >= 15 is 0 Å². The number of carbonyl (C=O) groups excluding carboxylic acids is 1. The summed E-state index contributed by atoms with van der Waals surface area (Å²) in [5, 5.41) is 3.08. The van der Waals surface area contributed by atoms with Crippen molar-refractivity contribution in [2.24, 2.45) is 5.41 Å². The zero-order valence-corrected chi connectivity index (χ0v) is 11.1. The van der Waals surface area contributed by atoms with Crippen LogP contribution < -0.4 is 5.32 Å². The van der Waals surface area contributed by atoms with Gasteiger partial charge in [-0.15, -0.1) is 0 Å². The number of amides is 1. The highest BCUT2D eigenvalue weighted by atomic mass is 16.5. The molecule has 0 aromatic rings. The molecule has 0 aromatic carbocycles. The summed E-state index contributed by atoms with van der Waals surface area (Å²) < 4.78 is 4.74. The molecule has 1 rings (SSSR count). The van der Waals surface area contributed by atoms with Gasteiger partial charge in [0.05, 0.1) is 7.11 Å². The first-order chi connectivity index (χ1) is 7.37. The number of hydrogen-bond donors (Lipinski definition) is 1. The second-order valence-corrected chi connectivity index (χ2v) is 6.20. The van der Waals surface area contributed by atoms with Crippen molar-refractivity contribution in [2.45, 2.75) is 64.8 Å². The Morgan fingerprint density at radius 3 is 2.25 bits per heavy atom. The maximum absolute atomic E-state index is 11.4. The molecule has 0 saturated heterocycles. The van der Waals surface area contributed by atoms with Crippen molar-refractivity contribution in [3.63, 3.8) is 0 Å². The van der Waals surface area contributed by atoms with Gasteiger partial charge in [0.25, 0.3) is 0 Å². The smallest absolute Gasteiger partial charge is 0.407 e. The normalized spacial score (nSPS) is 20.2. The zero-order chi connectivity index (χ0) is 12.2. The summed E-state index contributed by atoms with van der Waals surface area (Å²) in [6.45, 7) is 6.67. The molecule has 0 atom stereocenters. The van der Waals surface area contributed by atoms with E-state index in [1.165, 1.54) is 26.4 Å². The molecule has 94 valence electrons. The van der Waals surface area contributed by atoms with Gasteiger partial charge in [0, 0.05) is 5.54 Å². The molecule has 1 saturated carbocycles. The van der Waals surface area contributed by atoms with Gasteiger partial charge in [0.1, 0.15) is 0 Å². The fraction of sp³-hybridized carbons (Fsp3) is 0.923. The van der Waals surface area contributed by atoms with E-state index < -0.39 is 0 Å². The number of alkyl carbamates (subject to hydrolysis) is 1. The zero-order valence-electron chi connectivity index (χ0n) is 11.1. The lowest BCUT2D eigenvalue weighted by Gasteiger charge is -2.41. The van der Waals surface area contributed by atoms with Crippen molar-refractivity contribution >= 4 is 6.09 Å². The number of ether oxygens (including phenoxy) is 1. The molecule has 0 aliphatic heterocycles. The first-order valence-electron chi connectivity index (χ1n) is 6.23. The van der Waals surface area contributed by atoms with Crippen LogP contribution in [-0.2, 0) is 4.74 Å². The molecule has 1 aliphatic rings. The molecular formula is C13H25NO2. The van der Waals surface area contributed by atoms with Crippen molar-refractivity contribution in [1.82, 2.24) is 5.32 Å². The molecule has 1 amide bonds. The van der Waals surface area contributed by atoms with Gasteiger partial charge in [-0.1, -0.05) is 40.0 Å². The van der Waals surface area contributed by atoms with Gasteiger partial charge < -0.3 is 10.1 Å². The minimum Gasteiger partial charge on any atom is -0.453 e. The van der Waals surface area contributed by atoms with Gasteiger partial charge in [-0.25, -0.2) is 4.79 Å². The van der Waals surface area contributed by atoms with Crippen LogP contribution >= 0.6 is 0 Å². The number of carbonyl (C=O) groups is 1. The molecule has 3 nitrogen and oxygen atoms in total. The summed E-state index contributed by atoms with van der Waals surface area (Å²) in [6, 6.07) is 0. The Morgan fingerprint density at radius 2 is 1.81 bits per heavy atom. The van der Waals surface area contributed by atoms with Crippen molar-refractivity contribution in [3.8, 4) is 0 Å². The summed E-state index contributed by atoms with van der Waals surface area (Å²) in [4.78, 5) is 11.4. The summed E-state index contributed by atoms with van der Waals surface area (Å²) in [5.74, 6) is 0. The molecule has 0 unspecified atom stereocenters. The number of hydrogen-bond acceptors (Lipinski definition) is 2. The van der Waals surface area contributed by atoms with E-state index in [4.69, 9.17) is 4.74 Å². The van der Waals surface area contributed by atoms with E-state index in [0.717, 1.165) is 19.3 Å². The Morgan fingerprint density at radius 1 is 1.25 bits per heavy atom. The van der Waals surface area contributed by atoms with Gasteiger partial charge >= 0.3 is 6.09 Å². The standard InChI is InChI=1S/C13H25NO2/c1-12(2,3)10-13(14-11(15)16-4)8-6-5-7-9-13/h5-10H2,1-4H3,(H,14,15). The van der Waals surface area contributed by atoms with Gasteiger partial charge in [-0.05, 0) is 24.7 Å². The van der Waals surface area contributed by atoms with E-state index in [-0.39, 0.29) is 17.0 Å². The number of methoxy groups -OCH3 is 1. The van der Waals surface area contributed by atoms with E-state index in [2.05, 4.69) is 26.1 Å². The van der Waals surface area contributed by atoms with Gasteiger partial charge in [-0.3, -0.25) is 0 Å². The van der Waals surface area contributed by atoms with Crippen molar-refractivity contribution in [3.05, 3.63) is 0 Å². The van der Waals surface area contributed by atoms with Crippen LogP contribution in [0.4, 0.5) is 4.79 Å². The predicted octanol–water partition coefficient (Wildman–Crippen LogP) is 3.48. The van der Waals surface area contributed by atoms with Gasteiger partial charge in [0.15, 0.2) is 0 Å². The molecular weight excluding hydrogens is 202 g/mol. The molecule has 3 heteroatoms. The highest BCUT2D eigenvalue weighted by molar-refractivity contribution is 5.68. The fourth-order valence-electron chi connectivity index (χ4n) is 2.86. The third-order valence-electron chi connectivity index (χ3n) is 3.23. The molecule has 0 bridgehead atoms. The van der Waals surface area contributed by atoms with Crippen LogP contribution in [0.3, 0.4) is 0 Å². The van der Waals surface area contributed by atoms with Crippen LogP contribution in [0.5, 0.6) is 0 Å². The first kappa shape index (κ1) is 13.3. The van der Waals surface area contributed by atoms with Crippen molar-refractivity contribution < 1.29 is 9.53 Å². The van der Waals surface area contributed by atoms with Crippen LogP contribution in [0.2, 0.25) is 0 Å². The van der Waals surface area contributed by atoms with Gasteiger partial charge in [-0.2, -0.15) is 0 Å². The summed E-state index contributed by atoms with van der Waals surface area (Å²) in [7, 11) is 1.43. The largest absolute Gasteiger partial charge is 0.453 e. The first-order valence-corrected chi connectivity index (χ1v) is 6.23. The Labute approximate surface area is 98.9 Å².